The normalized spacial score (nSPS) is 27.0. The molecule has 0 aromatic heterocycles. The number of carbonyl (C=O) groups excluding carboxylic acids is 1. The first-order valence-corrected chi connectivity index (χ1v) is 8.86. The van der Waals surface area contributed by atoms with Crippen LogP contribution in [0.2, 0.25) is 0 Å². The number of benzene rings is 1. The SMILES string of the molecule is C[C@@H](NC(=O)N1C[C@@H]2CCC[C@@]2(C(=O)O)C1)c1ccc(Br)cc1F. The molecule has 2 N–H and O–H groups in total. The van der Waals surface area contributed by atoms with Crippen LogP contribution in [0, 0.1) is 17.2 Å². The smallest absolute Gasteiger partial charge is 0.317 e. The van der Waals surface area contributed by atoms with Gasteiger partial charge in [-0.15, -0.1) is 0 Å². The Hall–Kier alpha value is -1.63. The Morgan fingerprint density at radius 2 is 2.25 bits per heavy atom. The Morgan fingerprint density at radius 1 is 1.50 bits per heavy atom. The van der Waals surface area contributed by atoms with E-state index < -0.39 is 23.2 Å². The number of rotatable bonds is 3. The van der Waals surface area contributed by atoms with Gasteiger partial charge in [0.2, 0.25) is 0 Å². The molecule has 0 spiro atoms. The van der Waals surface area contributed by atoms with Gasteiger partial charge in [0, 0.05) is 23.1 Å². The van der Waals surface area contributed by atoms with E-state index in [1.807, 2.05) is 0 Å². The number of likely N-dealkylation sites (tertiary alicyclic amines) is 1. The average Bonchev–Trinajstić information content (AvgIpc) is 3.04. The van der Waals surface area contributed by atoms with Gasteiger partial charge in [0.25, 0.3) is 0 Å². The van der Waals surface area contributed by atoms with Crippen molar-refractivity contribution in [2.45, 2.75) is 32.2 Å². The second-order valence-corrected chi connectivity index (χ2v) is 7.68. The minimum Gasteiger partial charge on any atom is -0.481 e. The number of nitrogens with zero attached hydrogens (tertiary/aromatic N) is 1. The number of halogens is 2. The number of hydrogen-bond donors (Lipinski definition) is 2. The monoisotopic (exact) mass is 398 g/mol. The number of amides is 2. The Kier molecular flexibility index (Phi) is 4.55. The fourth-order valence-corrected chi connectivity index (χ4v) is 4.33. The van der Waals surface area contributed by atoms with Crippen molar-refractivity contribution in [3.05, 3.63) is 34.1 Å². The first-order valence-electron chi connectivity index (χ1n) is 8.07. The highest BCUT2D eigenvalue weighted by atomic mass is 79.9. The predicted octanol–water partition coefficient (Wildman–Crippen LogP) is 3.55. The molecule has 1 saturated heterocycles. The number of carbonyl (C=O) groups is 2. The summed E-state index contributed by atoms with van der Waals surface area (Å²) in [6.45, 7) is 2.40. The Labute approximate surface area is 148 Å². The molecule has 2 fully saturated rings. The minimum atomic E-state index is -0.813. The fourth-order valence-electron chi connectivity index (χ4n) is 4.00. The summed E-state index contributed by atoms with van der Waals surface area (Å²) in [4.78, 5) is 25.7. The van der Waals surface area contributed by atoms with Crippen LogP contribution in [0.1, 0.15) is 37.8 Å². The lowest BCUT2D eigenvalue weighted by atomic mass is 9.81. The maximum Gasteiger partial charge on any atom is 0.317 e. The molecule has 3 rings (SSSR count). The average molecular weight is 399 g/mol. The van der Waals surface area contributed by atoms with Gasteiger partial charge in [0.1, 0.15) is 5.82 Å². The Morgan fingerprint density at radius 3 is 2.88 bits per heavy atom. The van der Waals surface area contributed by atoms with Crippen LogP contribution < -0.4 is 5.32 Å². The molecular formula is C17H20BrFN2O3. The molecule has 3 atom stereocenters. The number of carboxylic acids is 1. The number of urea groups is 1. The highest BCUT2D eigenvalue weighted by Crippen LogP contribution is 2.48. The van der Waals surface area contributed by atoms with Crippen molar-refractivity contribution in [1.29, 1.82) is 0 Å². The third-order valence-electron chi connectivity index (χ3n) is 5.35. The third kappa shape index (κ3) is 2.90. The molecular weight excluding hydrogens is 379 g/mol. The van der Waals surface area contributed by atoms with Crippen LogP contribution in [-0.4, -0.2) is 35.1 Å². The van der Waals surface area contributed by atoms with Crippen LogP contribution in [0.3, 0.4) is 0 Å². The van der Waals surface area contributed by atoms with Gasteiger partial charge in [-0.25, -0.2) is 9.18 Å². The van der Waals surface area contributed by atoms with Gasteiger partial charge in [0.15, 0.2) is 0 Å². The van der Waals surface area contributed by atoms with Crippen molar-refractivity contribution in [2.24, 2.45) is 11.3 Å². The summed E-state index contributed by atoms with van der Waals surface area (Å²) < 4.78 is 14.6. The molecule has 1 aromatic rings. The van der Waals surface area contributed by atoms with E-state index in [-0.39, 0.29) is 18.5 Å². The topological polar surface area (TPSA) is 69.6 Å². The van der Waals surface area contributed by atoms with E-state index in [4.69, 9.17) is 0 Å². The van der Waals surface area contributed by atoms with Gasteiger partial charge in [-0.3, -0.25) is 4.79 Å². The maximum absolute atomic E-state index is 14.0. The third-order valence-corrected chi connectivity index (χ3v) is 5.85. The summed E-state index contributed by atoms with van der Waals surface area (Å²) in [6, 6.07) is 3.88. The van der Waals surface area contributed by atoms with Crippen molar-refractivity contribution in [1.82, 2.24) is 10.2 Å². The van der Waals surface area contributed by atoms with Gasteiger partial charge in [0.05, 0.1) is 11.5 Å². The Bertz CT molecular complexity index is 684. The predicted molar refractivity (Wildman–Crippen MR) is 90.0 cm³/mol. The van der Waals surface area contributed by atoms with Crippen molar-refractivity contribution >= 4 is 27.9 Å². The maximum atomic E-state index is 14.0. The highest BCUT2D eigenvalue weighted by molar-refractivity contribution is 9.10. The molecule has 0 unspecified atom stereocenters. The second kappa shape index (κ2) is 6.35. The zero-order chi connectivity index (χ0) is 17.5. The van der Waals surface area contributed by atoms with Crippen LogP contribution in [0.15, 0.2) is 22.7 Å². The number of aliphatic carboxylic acids is 1. The summed E-state index contributed by atoms with van der Waals surface area (Å²) in [5.41, 5.74) is -0.400. The standard InChI is InChI=1S/C17H20BrFN2O3/c1-10(13-5-4-12(18)7-14(13)19)20-16(24)21-8-11-3-2-6-17(11,9-21)15(22)23/h4-5,7,10-11H,2-3,6,8-9H2,1H3,(H,20,24)(H,22,23)/t10-,11+,17-/m1/s1. The molecule has 0 radical (unpaired) electrons. The first-order chi connectivity index (χ1) is 11.3. The molecule has 130 valence electrons. The lowest BCUT2D eigenvalue weighted by Crippen LogP contribution is -2.42. The summed E-state index contributed by atoms with van der Waals surface area (Å²) in [6.07, 6.45) is 2.35. The zero-order valence-electron chi connectivity index (χ0n) is 13.4. The van der Waals surface area contributed by atoms with Crippen LogP contribution in [-0.2, 0) is 4.79 Å². The summed E-state index contributed by atoms with van der Waals surface area (Å²) in [7, 11) is 0. The molecule has 2 aliphatic rings. The van der Waals surface area contributed by atoms with Gasteiger partial charge >= 0.3 is 12.0 Å². The quantitative estimate of drug-likeness (QED) is 0.817. The van der Waals surface area contributed by atoms with Crippen LogP contribution in [0.25, 0.3) is 0 Å². The highest BCUT2D eigenvalue weighted by Gasteiger charge is 2.55. The lowest BCUT2D eigenvalue weighted by molar-refractivity contribution is -0.149. The molecule has 2 amide bonds. The number of carboxylic acid groups (broad SMARTS) is 1. The summed E-state index contributed by atoms with van der Waals surface area (Å²) >= 11 is 3.21. The Balaban J connectivity index is 1.69. The van der Waals surface area contributed by atoms with Crippen LogP contribution in [0.4, 0.5) is 9.18 Å². The van der Waals surface area contributed by atoms with E-state index in [1.54, 1.807) is 24.0 Å². The second-order valence-electron chi connectivity index (χ2n) is 6.77. The number of nitrogens with one attached hydrogen (secondary N) is 1. The van der Waals surface area contributed by atoms with Crippen molar-refractivity contribution in [3.8, 4) is 0 Å². The van der Waals surface area contributed by atoms with E-state index in [9.17, 15) is 19.1 Å². The van der Waals surface area contributed by atoms with Gasteiger partial charge in [-0.2, -0.15) is 0 Å². The van der Waals surface area contributed by atoms with E-state index in [1.165, 1.54) is 6.07 Å². The minimum absolute atomic E-state index is 0.0143. The van der Waals surface area contributed by atoms with Gasteiger partial charge < -0.3 is 15.3 Å². The zero-order valence-corrected chi connectivity index (χ0v) is 15.0. The van der Waals surface area contributed by atoms with Crippen LogP contribution in [0.5, 0.6) is 0 Å². The van der Waals surface area contributed by atoms with E-state index >= 15 is 0 Å². The molecule has 1 aromatic carbocycles. The molecule has 7 heteroatoms. The molecule has 1 saturated carbocycles. The first kappa shape index (κ1) is 17.2. The van der Waals surface area contributed by atoms with Crippen molar-refractivity contribution < 1.29 is 19.1 Å². The lowest BCUT2D eigenvalue weighted by Gasteiger charge is -2.24. The van der Waals surface area contributed by atoms with E-state index in [2.05, 4.69) is 21.2 Å². The summed E-state index contributed by atoms with van der Waals surface area (Å²) in [5.74, 6) is -1.19. The van der Waals surface area contributed by atoms with E-state index in [0.29, 0.717) is 23.0 Å². The summed E-state index contributed by atoms with van der Waals surface area (Å²) in [5, 5.41) is 12.4. The van der Waals surface area contributed by atoms with E-state index in [0.717, 1.165) is 12.8 Å². The van der Waals surface area contributed by atoms with Crippen molar-refractivity contribution in [3.63, 3.8) is 0 Å². The largest absolute Gasteiger partial charge is 0.481 e. The molecule has 1 aliphatic heterocycles. The molecule has 5 nitrogen and oxygen atoms in total. The molecule has 0 bridgehead atoms. The fraction of sp³-hybridized carbons (Fsp3) is 0.529. The number of fused-ring (bicyclic) bond motifs is 1. The van der Waals surface area contributed by atoms with Crippen molar-refractivity contribution in [2.75, 3.05) is 13.1 Å². The number of hydrogen-bond acceptors (Lipinski definition) is 2. The van der Waals surface area contributed by atoms with Gasteiger partial charge in [-0.05, 0) is 37.8 Å². The van der Waals surface area contributed by atoms with Gasteiger partial charge in [-0.1, -0.05) is 28.4 Å². The molecule has 1 aliphatic carbocycles. The van der Waals surface area contributed by atoms with Crippen LogP contribution >= 0.6 is 15.9 Å². The molecule has 1 heterocycles. The molecule has 24 heavy (non-hydrogen) atoms.